The van der Waals surface area contributed by atoms with E-state index < -0.39 is 129 Å². The van der Waals surface area contributed by atoms with Gasteiger partial charge in [0.2, 0.25) is 11.7 Å². The van der Waals surface area contributed by atoms with Gasteiger partial charge in [0, 0.05) is 17.8 Å². The molecule has 2 aromatic heterocycles. The number of nitrogens with one attached hydrogen (secondary N) is 2. The summed E-state index contributed by atoms with van der Waals surface area (Å²) >= 11 is 0. The molecule has 42 heavy (non-hydrogen) atoms. The number of benzene rings is 1. The van der Waals surface area contributed by atoms with Gasteiger partial charge in [-0.05, 0) is 25.9 Å². The van der Waals surface area contributed by atoms with Gasteiger partial charge in [0.15, 0.2) is 40.3 Å². The average Bonchev–Trinajstić information content (AvgIpc) is 2.97. The van der Waals surface area contributed by atoms with Gasteiger partial charge in [0.05, 0.1) is 55.7 Å². The predicted molar refractivity (Wildman–Crippen MR) is 135 cm³/mol. The average molecular weight is 640 g/mol. The fourth-order valence-corrected chi connectivity index (χ4v) is 3.17. The Labute approximate surface area is 305 Å². The van der Waals surface area contributed by atoms with Crippen LogP contribution < -0.4 is 103 Å². The summed E-state index contributed by atoms with van der Waals surface area (Å²) in [5.41, 5.74) is -2.97. The van der Waals surface area contributed by atoms with Crippen LogP contribution in [0.4, 0.5) is 33.5 Å². The maximum Gasteiger partial charge on any atom is 1.00 e. The van der Waals surface area contributed by atoms with Crippen molar-refractivity contribution in [3.05, 3.63) is 36.2 Å². The quantitative estimate of drug-likeness (QED) is 0.160. The smallest absolute Gasteiger partial charge is 0.790 e. The van der Waals surface area contributed by atoms with Gasteiger partial charge >= 0.3 is 59.1 Å². The van der Waals surface area contributed by atoms with Crippen LogP contribution in [-0.2, 0) is 13.9 Å². The molecule has 0 atom stereocenters. The standard InChI is InChI=1S/C23H26FN6O9P.2Na/c1-23(2)21(31)30(11-38-40(32,33)34)20-14(39-23)6-7-17(28-20)27-19-13(24)10-25-22(29-19)26-12-8-15(35-3)18(37-5)16(9-12)36-4;;/h6-10H,11H2,1-5H3,(H2,32,33,34)(H2,25,26,27,28,29);;/q;2*+1/p-2/i3D3,4D3,5D3,6D,7D,8D,9D,11D2;;. The Bertz CT molecular complexity index is 2050. The number of rotatable bonds is 10. The Morgan fingerprint density at radius 1 is 1.14 bits per heavy atom. The number of hydrogen-bond acceptors (Lipinski definition) is 14. The van der Waals surface area contributed by atoms with Crippen LogP contribution in [-0.4, -0.2) is 54.3 Å². The van der Waals surface area contributed by atoms with Crippen LogP contribution in [0, 0.1) is 5.82 Å². The minimum absolute atomic E-state index is 0. The predicted octanol–water partition coefficient (Wildman–Crippen LogP) is -4.16. The summed E-state index contributed by atoms with van der Waals surface area (Å²) < 4.78 is 167. The zero-order valence-corrected chi connectivity index (χ0v) is 26.8. The second-order valence-corrected chi connectivity index (χ2v) is 8.88. The van der Waals surface area contributed by atoms with Gasteiger partial charge in [0.25, 0.3) is 5.91 Å². The van der Waals surface area contributed by atoms with E-state index in [2.05, 4.69) is 30.1 Å². The first-order valence-corrected chi connectivity index (χ1v) is 11.8. The van der Waals surface area contributed by atoms with Crippen molar-refractivity contribution in [2.75, 3.05) is 43.3 Å². The first-order chi connectivity index (χ1) is 24.7. The maximum absolute atomic E-state index is 15.1. The minimum Gasteiger partial charge on any atom is -0.790 e. The van der Waals surface area contributed by atoms with Crippen molar-refractivity contribution >= 4 is 42.8 Å². The third-order valence-corrected chi connectivity index (χ3v) is 4.96. The number of amides is 1. The second kappa shape index (κ2) is 14.5. The number of phosphoric ester groups is 1. The number of carbonyl (C=O) groups is 1. The molecule has 15 nitrogen and oxygen atoms in total. The summed E-state index contributed by atoms with van der Waals surface area (Å²) in [6.45, 7) is -1.64. The van der Waals surface area contributed by atoms with Crippen LogP contribution in [0.1, 0.15) is 34.4 Å². The number of carbonyl (C=O) groups excluding carboxylic acids is 1. The number of ether oxygens (including phenoxy) is 4. The Morgan fingerprint density at radius 3 is 2.43 bits per heavy atom. The first kappa shape index (κ1) is 19.2. The largest absolute Gasteiger partial charge is 1.00 e. The number of aromatic nitrogens is 3. The molecule has 1 aromatic carbocycles. The van der Waals surface area contributed by atoms with Crippen molar-refractivity contribution in [3.8, 4) is 23.0 Å². The van der Waals surface area contributed by atoms with Crippen molar-refractivity contribution in [2.45, 2.75) is 19.4 Å². The molecular formula is C23H24FN6Na2O9P. The molecule has 2 N–H and O–H groups in total. The monoisotopic (exact) mass is 639 g/mol. The number of methoxy groups -OCH3 is 3. The number of nitrogens with zero attached hydrogens (tertiary/aromatic N) is 4. The number of hydrogen-bond donors (Lipinski definition) is 2. The molecule has 214 valence electrons. The van der Waals surface area contributed by atoms with Gasteiger partial charge in [0.1, 0.15) is 12.5 Å². The van der Waals surface area contributed by atoms with Gasteiger partial charge in [-0.3, -0.25) is 9.69 Å². The zero-order chi connectivity index (χ0) is 42.0. The molecule has 0 spiro atoms. The first-order valence-electron chi connectivity index (χ1n) is 17.8. The molecule has 0 radical (unpaired) electrons. The normalized spacial score (nSPS) is 20.0. The molecule has 1 aliphatic rings. The van der Waals surface area contributed by atoms with E-state index in [9.17, 15) is 19.1 Å². The fraction of sp³-hybridized carbons (Fsp3) is 0.304. The van der Waals surface area contributed by atoms with Crippen LogP contribution in [0.2, 0.25) is 0 Å². The number of anilines is 5. The Hall–Kier alpha value is -2.24. The van der Waals surface area contributed by atoms with Crippen molar-refractivity contribution in [3.63, 3.8) is 0 Å². The summed E-state index contributed by atoms with van der Waals surface area (Å²) in [5, 5.41) is 4.39. The van der Waals surface area contributed by atoms with E-state index in [4.69, 9.17) is 39.5 Å². The number of phosphoric acid groups is 1. The van der Waals surface area contributed by atoms with Crippen LogP contribution in [0.5, 0.6) is 23.0 Å². The molecule has 0 fully saturated rings. The third kappa shape index (κ3) is 8.23. The van der Waals surface area contributed by atoms with Gasteiger partial charge in [-0.2, -0.15) is 4.98 Å². The van der Waals surface area contributed by atoms with Crippen LogP contribution in [0.3, 0.4) is 0 Å². The zero-order valence-electron chi connectivity index (χ0n) is 36.9. The number of pyridine rings is 1. The van der Waals surface area contributed by atoms with E-state index in [1.807, 2.05) is 0 Å². The van der Waals surface area contributed by atoms with Crippen LogP contribution in [0.25, 0.3) is 0 Å². The van der Waals surface area contributed by atoms with E-state index in [0.29, 0.717) is 6.20 Å². The molecule has 0 saturated carbocycles. The van der Waals surface area contributed by atoms with Crippen LogP contribution >= 0.6 is 7.82 Å². The summed E-state index contributed by atoms with van der Waals surface area (Å²) in [6.07, 6.45) is 0.439. The Kier molecular flexibility index (Phi) is 6.63. The molecule has 0 bridgehead atoms. The Balaban J connectivity index is 0.00000561. The topological polar surface area (TPSA) is 192 Å². The third-order valence-electron chi connectivity index (χ3n) is 4.66. The van der Waals surface area contributed by atoms with Gasteiger partial charge in [-0.15, -0.1) is 0 Å². The Morgan fingerprint density at radius 2 is 1.81 bits per heavy atom. The molecule has 3 aromatic rings. The summed E-state index contributed by atoms with van der Waals surface area (Å²) in [4.78, 5) is 47.0. The summed E-state index contributed by atoms with van der Waals surface area (Å²) in [5.74, 6) is -10.9. The van der Waals surface area contributed by atoms with E-state index in [-0.39, 0.29) is 64.0 Å². The molecule has 1 aliphatic heterocycles. The molecular weight excluding hydrogens is 600 g/mol. The molecule has 0 unspecified atom stereocenters. The molecule has 4 rings (SSSR count). The van der Waals surface area contributed by atoms with Gasteiger partial charge in [-0.1, -0.05) is 0 Å². The van der Waals surface area contributed by atoms with E-state index in [1.54, 1.807) is 0 Å². The fourth-order valence-electron chi connectivity index (χ4n) is 2.99. The van der Waals surface area contributed by atoms with Gasteiger partial charge in [-0.25, -0.2) is 14.4 Å². The SMILES string of the molecule is [2H]c1c(Nc2nc(Nc3c([2H])c(OC([2H])([2H])[2H])c(OC([2H])([2H])[2H])c(OC([2H])([2H])[2H])c3[2H])ncc2F)nc2c(c1[2H])OC(C)(C)C(=O)N2C([2H])([2H])OP(=O)([O-])[O-].[Na+].[Na+]. The summed E-state index contributed by atoms with van der Waals surface area (Å²) in [6, 6.07) is -4.17. The number of halogens is 1. The van der Waals surface area contributed by atoms with Crippen LogP contribution in [0.15, 0.2) is 30.4 Å². The minimum atomic E-state index is -6.15. The van der Waals surface area contributed by atoms with Gasteiger partial charge < -0.3 is 48.5 Å². The van der Waals surface area contributed by atoms with Crippen molar-refractivity contribution < 1.29 is 127 Å². The van der Waals surface area contributed by atoms with Crippen molar-refractivity contribution in [2.24, 2.45) is 0 Å². The van der Waals surface area contributed by atoms with Crippen molar-refractivity contribution in [1.29, 1.82) is 0 Å². The van der Waals surface area contributed by atoms with E-state index in [0.717, 1.165) is 13.8 Å². The van der Waals surface area contributed by atoms with E-state index in [1.165, 1.54) is 0 Å². The van der Waals surface area contributed by atoms with E-state index >= 15 is 4.39 Å². The molecule has 3 heterocycles. The molecule has 0 saturated heterocycles. The molecule has 19 heteroatoms. The summed E-state index contributed by atoms with van der Waals surface area (Å²) in [7, 11) is -16.5. The van der Waals surface area contributed by atoms with Crippen molar-refractivity contribution in [1.82, 2.24) is 15.0 Å². The maximum atomic E-state index is 15.1. The molecule has 0 aliphatic carbocycles. The number of fused-ring (bicyclic) bond motifs is 1. The molecule has 1 amide bonds. The second-order valence-electron chi connectivity index (χ2n) is 7.80.